The zero-order chi connectivity index (χ0) is 9.00. The van der Waals surface area contributed by atoms with E-state index in [9.17, 15) is 0 Å². The quantitative estimate of drug-likeness (QED) is 0.665. The predicted octanol–water partition coefficient (Wildman–Crippen LogP) is 0.956. The van der Waals surface area contributed by atoms with Crippen LogP contribution in [-0.4, -0.2) is 14.1 Å². The van der Waals surface area contributed by atoms with E-state index < -0.39 is 0 Å². The molecule has 3 nitrogen and oxygen atoms in total. The van der Waals surface area contributed by atoms with Gasteiger partial charge in [-0.1, -0.05) is 6.07 Å². The highest BCUT2D eigenvalue weighted by Crippen LogP contribution is 2.40. The van der Waals surface area contributed by atoms with Gasteiger partial charge in [-0.3, -0.25) is 10.6 Å². The average molecular weight is 175 g/mol. The maximum atomic E-state index is 3.42. The lowest BCUT2D eigenvalue weighted by Gasteiger charge is -2.28. The van der Waals surface area contributed by atoms with Crippen molar-refractivity contribution in [3.8, 4) is 0 Å². The number of rotatable bonds is 1. The van der Waals surface area contributed by atoms with Gasteiger partial charge in [-0.25, -0.2) is 0 Å². The van der Waals surface area contributed by atoms with Gasteiger partial charge < -0.3 is 4.90 Å². The minimum Gasteiger partial charge on any atom is -0.378 e. The Labute approximate surface area is 77.7 Å². The molecule has 3 heterocycles. The molecule has 4 rings (SSSR count). The maximum Gasteiger partial charge on any atom is 0.0869 e. The van der Waals surface area contributed by atoms with Gasteiger partial charge in [-0.2, -0.15) is 0 Å². The number of hydrogen-bond donors (Lipinski definition) is 2. The summed E-state index contributed by atoms with van der Waals surface area (Å²) in [5.74, 6) is 0. The first-order valence-corrected chi connectivity index (χ1v) is 4.59. The lowest BCUT2D eigenvalue weighted by atomic mass is 10.1. The molecule has 1 aromatic carbocycles. The molecule has 1 saturated heterocycles. The summed E-state index contributed by atoms with van der Waals surface area (Å²) in [5.41, 5.74) is 4.10. The molecule has 0 radical (unpaired) electrons. The van der Waals surface area contributed by atoms with Crippen molar-refractivity contribution < 1.29 is 0 Å². The Hall–Kier alpha value is -1.06. The molecule has 0 aromatic heterocycles. The van der Waals surface area contributed by atoms with E-state index in [1.807, 2.05) is 0 Å². The van der Waals surface area contributed by atoms with Gasteiger partial charge in [0.15, 0.2) is 0 Å². The Morgan fingerprint density at radius 1 is 1.08 bits per heavy atom. The van der Waals surface area contributed by atoms with Crippen LogP contribution in [0.3, 0.4) is 0 Å². The van der Waals surface area contributed by atoms with E-state index in [4.69, 9.17) is 0 Å². The van der Waals surface area contributed by atoms with Gasteiger partial charge in [0.2, 0.25) is 0 Å². The van der Waals surface area contributed by atoms with Crippen molar-refractivity contribution in [1.82, 2.24) is 10.6 Å². The van der Waals surface area contributed by atoms with Gasteiger partial charge in [0.05, 0.1) is 12.3 Å². The highest BCUT2D eigenvalue weighted by Gasteiger charge is 2.40. The van der Waals surface area contributed by atoms with Crippen molar-refractivity contribution in [3.05, 3.63) is 29.3 Å². The van der Waals surface area contributed by atoms with E-state index in [0.717, 1.165) is 0 Å². The molecule has 0 atom stereocenters. The molecule has 13 heavy (non-hydrogen) atoms. The van der Waals surface area contributed by atoms with Crippen LogP contribution in [0.5, 0.6) is 0 Å². The molecule has 0 aliphatic carbocycles. The SMILES string of the molecule is CN(C)c1ccc2c(c1)C1NC2N1. The fraction of sp³-hybridized carbons (Fsp3) is 0.400. The Bertz CT molecular complexity index is 353. The molecule has 0 unspecified atom stereocenters. The summed E-state index contributed by atoms with van der Waals surface area (Å²) in [6.07, 6.45) is 0.816. The van der Waals surface area contributed by atoms with Crippen molar-refractivity contribution in [1.29, 1.82) is 0 Å². The van der Waals surface area contributed by atoms with E-state index in [1.54, 1.807) is 0 Å². The molecule has 3 heteroatoms. The van der Waals surface area contributed by atoms with Crippen LogP contribution in [0.4, 0.5) is 5.69 Å². The van der Waals surface area contributed by atoms with Crippen LogP contribution in [-0.2, 0) is 0 Å². The van der Waals surface area contributed by atoms with Gasteiger partial charge in [0.25, 0.3) is 0 Å². The fourth-order valence-electron chi connectivity index (χ4n) is 2.05. The first-order chi connectivity index (χ1) is 6.25. The molecule has 0 spiro atoms. The topological polar surface area (TPSA) is 27.3 Å². The van der Waals surface area contributed by atoms with E-state index in [1.165, 1.54) is 16.8 Å². The van der Waals surface area contributed by atoms with Crippen molar-refractivity contribution in [3.63, 3.8) is 0 Å². The molecular formula is C10H13N3. The molecule has 0 amide bonds. The first kappa shape index (κ1) is 7.35. The highest BCUT2D eigenvalue weighted by molar-refractivity contribution is 5.54. The minimum atomic E-state index is 0.403. The summed E-state index contributed by atoms with van der Waals surface area (Å²) < 4.78 is 0. The normalized spacial score (nSPS) is 28.2. The molecule has 3 aliphatic rings. The van der Waals surface area contributed by atoms with Crippen molar-refractivity contribution in [2.24, 2.45) is 0 Å². The third-order valence-electron chi connectivity index (χ3n) is 2.88. The van der Waals surface area contributed by atoms with E-state index >= 15 is 0 Å². The zero-order valence-electron chi connectivity index (χ0n) is 7.83. The number of benzene rings is 1. The van der Waals surface area contributed by atoms with Crippen LogP contribution in [0, 0.1) is 0 Å². The van der Waals surface area contributed by atoms with Crippen LogP contribution in [0.15, 0.2) is 18.2 Å². The van der Waals surface area contributed by atoms with Gasteiger partial charge in [0, 0.05) is 19.8 Å². The number of nitrogens with one attached hydrogen (secondary N) is 2. The second-order valence-electron chi connectivity index (χ2n) is 3.91. The van der Waals surface area contributed by atoms with Crippen molar-refractivity contribution >= 4 is 5.69 Å². The summed E-state index contributed by atoms with van der Waals surface area (Å²) >= 11 is 0. The summed E-state index contributed by atoms with van der Waals surface area (Å²) in [7, 11) is 4.14. The second kappa shape index (κ2) is 2.25. The molecule has 2 N–H and O–H groups in total. The largest absolute Gasteiger partial charge is 0.378 e. The molecule has 1 fully saturated rings. The monoisotopic (exact) mass is 175 g/mol. The zero-order valence-corrected chi connectivity index (χ0v) is 7.83. The molecule has 2 bridgehead atoms. The van der Waals surface area contributed by atoms with E-state index in [0.29, 0.717) is 12.3 Å². The van der Waals surface area contributed by atoms with Crippen LogP contribution in [0.2, 0.25) is 0 Å². The molecule has 1 aromatic rings. The standard InChI is InChI=1S/C10H13N3/c1-13(2)6-3-4-7-8(5-6)10-11-9(7)12-10/h3-5,9-12H,1-2H3. The Morgan fingerprint density at radius 2 is 1.77 bits per heavy atom. The molecular weight excluding hydrogens is 162 g/mol. The highest BCUT2D eigenvalue weighted by atomic mass is 15.4. The third kappa shape index (κ3) is 0.857. The number of nitrogens with zero attached hydrogens (tertiary/aromatic N) is 1. The third-order valence-corrected chi connectivity index (χ3v) is 2.88. The number of hydrogen-bond acceptors (Lipinski definition) is 3. The van der Waals surface area contributed by atoms with Crippen LogP contribution in [0.1, 0.15) is 23.5 Å². The smallest absolute Gasteiger partial charge is 0.0869 e. The molecule has 0 saturated carbocycles. The minimum absolute atomic E-state index is 0.403. The van der Waals surface area contributed by atoms with E-state index in [2.05, 4.69) is 47.8 Å². The lowest BCUT2D eigenvalue weighted by molar-refractivity contribution is 0.248. The Morgan fingerprint density at radius 3 is 2.46 bits per heavy atom. The summed E-state index contributed by atoms with van der Waals surface area (Å²) in [6.45, 7) is 0. The van der Waals surface area contributed by atoms with Crippen molar-refractivity contribution in [2.75, 3.05) is 19.0 Å². The fourth-order valence-corrected chi connectivity index (χ4v) is 2.05. The van der Waals surface area contributed by atoms with Gasteiger partial charge >= 0.3 is 0 Å². The van der Waals surface area contributed by atoms with Crippen LogP contribution in [0.25, 0.3) is 0 Å². The maximum absolute atomic E-state index is 3.42. The molecule has 68 valence electrons. The summed E-state index contributed by atoms with van der Waals surface area (Å²) in [5, 5.41) is 6.84. The average Bonchev–Trinajstić information content (AvgIpc) is 2.53. The van der Waals surface area contributed by atoms with Gasteiger partial charge in [-0.05, 0) is 23.3 Å². The Kier molecular flexibility index (Phi) is 1.27. The van der Waals surface area contributed by atoms with Crippen molar-refractivity contribution in [2.45, 2.75) is 12.3 Å². The van der Waals surface area contributed by atoms with Gasteiger partial charge in [0.1, 0.15) is 0 Å². The van der Waals surface area contributed by atoms with Crippen LogP contribution < -0.4 is 15.5 Å². The van der Waals surface area contributed by atoms with E-state index in [-0.39, 0.29) is 0 Å². The molecule has 3 aliphatic heterocycles. The summed E-state index contributed by atoms with van der Waals surface area (Å²) in [4.78, 5) is 2.13. The lowest BCUT2D eigenvalue weighted by Crippen LogP contribution is -2.47. The Balaban J connectivity index is 2.09. The predicted molar refractivity (Wildman–Crippen MR) is 52.5 cm³/mol. The summed E-state index contributed by atoms with van der Waals surface area (Å²) in [6, 6.07) is 6.64. The van der Waals surface area contributed by atoms with Gasteiger partial charge in [-0.15, -0.1) is 0 Å². The first-order valence-electron chi connectivity index (χ1n) is 4.59. The number of anilines is 1. The second-order valence-corrected chi connectivity index (χ2v) is 3.91. The van der Waals surface area contributed by atoms with Crippen LogP contribution >= 0.6 is 0 Å².